The standard InChI is InChI=1S/C27H28ClNO8/c1-2-33-27(32)22-23(37-20-15-35-24-19(14-34-25(20)24)36-21(30)12-28)17-10-6-7-11-18(17)29(26(22)31)13-16-8-4-3-5-9-16/h3-11,19-21,24-25,30H,2,12-15H2,1H3/t19-,20-,21?,24+,25+/m0/s1. The number of ether oxygens (including phenoxy) is 5. The Balaban J connectivity index is 1.54. The summed E-state index contributed by atoms with van der Waals surface area (Å²) < 4.78 is 30.5. The molecule has 1 unspecified atom stereocenters. The maximum atomic E-state index is 13.8. The third-order valence-electron chi connectivity index (χ3n) is 6.48. The van der Waals surface area contributed by atoms with Gasteiger partial charge in [0.15, 0.2) is 18.0 Å². The predicted molar refractivity (Wildman–Crippen MR) is 135 cm³/mol. The van der Waals surface area contributed by atoms with Crippen molar-refractivity contribution in [3.05, 3.63) is 76.1 Å². The van der Waals surface area contributed by atoms with Gasteiger partial charge in [-0.05, 0) is 24.6 Å². The number of rotatable bonds is 9. The number of benzene rings is 2. The van der Waals surface area contributed by atoms with Gasteiger partial charge in [0.2, 0.25) is 0 Å². The van der Waals surface area contributed by atoms with Crippen LogP contribution < -0.4 is 10.3 Å². The van der Waals surface area contributed by atoms with Crippen LogP contribution >= 0.6 is 11.6 Å². The van der Waals surface area contributed by atoms with Gasteiger partial charge in [0.25, 0.3) is 5.56 Å². The molecule has 2 aliphatic rings. The van der Waals surface area contributed by atoms with Gasteiger partial charge in [-0.2, -0.15) is 0 Å². The molecule has 5 atom stereocenters. The molecular formula is C27H28ClNO8. The molecule has 3 heterocycles. The van der Waals surface area contributed by atoms with Crippen molar-refractivity contribution >= 4 is 28.5 Å². The second kappa shape index (κ2) is 11.2. The lowest BCUT2D eigenvalue weighted by Crippen LogP contribution is -2.38. The molecule has 0 spiro atoms. The van der Waals surface area contributed by atoms with Crippen molar-refractivity contribution < 1.29 is 33.6 Å². The van der Waals surface area contributed by atoms with Crippen LogP contribution in [0.3, 0.4) is 0 Å². The quantitative estimate of drug-likeness (QED) is 0.256. The Labute approximate surface area is 218 Å². The number of aliphatic hydroxyl groups is 1. The Morgan fingerprint density at radius 2 is 1.76 bits per heavy atom. The number of nitrogens with zero attached hydrogens (tertiary/aromatic N) is 1. The molecule has 0 radical (unpaired) electrons. The lowest BCUT2D eigenvalue weighted by molar-refractivity contribution is -0.147. The molecule has 9 nitrogen and oxygen atoms in total. The summed E-state index contributed by atoms with van der Waals surface area (Å²) >= 11 is 5.66. The molecule has 2 fully saturated rings. The lowest BCUT2D eigenvalue weighted by atomic mass is 10.1. The van der Waals surface area contributed by atoms with Gasteiger partial charge in [-0.15, -0.1) is 11.6 Å². The SMILES string of the molecule is CCOC(=O)c1c(O[C@H]2CO[C@H]3[C@@H]2OC[C@@H]3OC(O)CCl)c2ccccc2n(Cc2ccccc2)c1=O. The average molecular weight is 530 g/mol. The summed E-state index contributed by atoms with van der Waals surface area (Å²) in [5.41, 5.74) is 0.844. The van der Waals surface area contributed by atoms with E-state index in [1.165, 1.54) is 0 Å². The highest BCUT2D eigenvalue weighted by Crippen LogP contribution is 2.35. The van der Waals surface area contributed by atoms with E-state index in [0.29, 0.717) is 10.9 Å². The molecule has 1 aromatic heterocycles. The van der Waals surface area contributed by atoms with Crippen LogP contribution in [0, 0.1) is 0 Å². The van der Waals surface area contributed by atoms with Crippen LogP contribution in [-0.4, -0.2) is 72.0 Å². The summed E-state index contributed by atoms with van der Waals surface area (Å²) in [5.74, 6) is -0.710. The van der Waals surface area contributed by atoms with Gasteiger partial charge in [-0.1, -0.05) is 42.5 Å². The molecule has 196 valence electrons. The maximum absolute atomic E-state index is 13.8. The van der Waals surface area contributed by atoms with Crippen LogP contribution in [0.4, 0.5) is 0 Å². The molecule has 3 aromatic rings. The molecule has 0 bridgehead atoms. The second-order valence-corrected chi connectivity index (χ2v) is 9.16. The van der Waals surface area contributed by atoms with Gasteiger partial charge in [-0.3, -0.25) is 4.79 Å². The number of pyridine rings is 1. The minimum absolute atomic E-state index is 0.0814. The fraction of sp³-hybridized carbons (Fsp3) is 0.407. The monoisotopic (exact) mass is 529 g/mol. The van der Waals surface area contributed by atoms with Crippen LogP contribution in [0.15, 0.2) is 59.4 Å². The van der Waals surface area contributed by atoms with Crippen molar-refractivity contribution in [3.8, 4) is 5.75 Å². The molecule has 37 heavy (non-hydrogen) atoms. The first-order valence-electron chi connectivity index (χ1n) is 12.2. The molecule has 10 heteroatoms. The highest BCUT2D eigenvalue weighted by atomic mass is 35.5. The summed E-state index contributed by atoms with van der Waals surface area (Å²) in [6, 6.07) is 16.8. The normalized spacial score (nSPS) is 23.6. The summed E-state index contributed by atoms with van der Waals surface area (Å²) in [6.07, 6.45) is -3.29. The summed E-state index contributed by atoms with van der Waals surface area (Å²) in [5, 5.41) is 10.4. The van der Waals surface area contributed by atoms with E-state index in [4.69, 9.17) is 35.3 Å². The minimum Gasteiger partial charge on any atom is -0.483 e. The van der Waals surface area contributed by atoms with E-state index < -0.39 is 42.2 Å². The smallest absolute Gasteiger partial charge is 0.347 e. The van der Waals surface area contributed by atoms with Crippen LogP contribution in [0.1, 0.15) is 22.8 Å². The first kappa shape index (κ1) is 25.7. The number of aromatic nitrogens is 1. The van der Waals surface area contributed by atoms with Crippen molar-refractivity contribution in [3.63, 3.8) is 0 Å². The second-order valence-electron chi connectivity index (χ2n) is 8.85. The predicted octanol–water partition coefficient (Wildman–Crippen LogP) is 2.71. The Hall–Kier alpha value is -2.95. The molecule has 2 saturated heterocycles. The Morgan fingerprint density at radius 1 is 1.08 bits per heavy atom. The zero-order chi connectivity index (χ0) is 25.9. The van der Waals surface area contributed by atoms with Crippen LogP contribution in [0.2, 0.25) is 0 Å². The van der Waals surface area contributed by atoms with E-state index in [9.17, 15) is 14.7 Å². The summed E-state index contributed by atoms with van der Waals surface area (Å²) in [6.45, 7) is 2.39. The number of fused-ring (bicyclic) bond motifs is 2. The van der Waals surface area contributed by atoms with Crippen molar-refractivity contribution in [2.24, 2.45) is 0 Å². The van der Waals surface area contributed by atoms with E-state index in [1.807, 2.05) is 48.5 Å². The van der Waals surface area contributed by atoms with E-state index in [-0.39, 0.29) is 43.6 Å². The van der Waals surface area contributed by atoms with Crippen LogP contribution in [-0.2, 0) is 25.5 Å². The number of aliphatic hydroxyl groups excluding tert-OH is 1. The van der Waals surface area contributed by atoms with Crippen LogP contribution in [0.5, 0.6) is 5.75 Å². The minimum atomic E-state index is -1.14. The fourth-order valence-electron chi connectivity index (χ4n) is 4.84. The molecule has 1 N–H and O–H groups in total. The molecule has 0 saturated carbocycles. The Morgan fingerprint density at radius 3 is 2.49 bits per heavy atom. The summed E-state index contributed by atoms with van der Waals surface area (Å²) in [7, 11) is 0. The molecular weight excluding hydrogens is 502 g/mol. The Kier molecular flexibility index (Phi) is 7.78. The van der Waals surface area contributed by atoms with Gasteiger partial charge >= 0.3 is 5.97 Å². The van der Waals surface area contributed by atoms with Gasteiger partial charge in [0, 0.05) is 5.39 Å². The first-order chi connectivity index (χ1) is 18.0. The van der Waals surface area contributed by atoms with Crippen molar-refractivity contribution in [1.29, 1.82) is 0 Å². The topological polar surface area (TPSA) is 105 Å². The van der Waals surface area contributed by atoms with Crippen LogP contribution in [0.25, 0.3) is 10.9 Å². The van der Waals surface area contributed by atoms with Crippen molar-refractivity contribution in [1.82, 2.24) is 4.57 Å². The number of carbonyl (C=O) groups excluding carboxylic acids is 1. The zero-order valence-electron chi connectivity index (χ0n) is 20.2. The largest absolute Gasteiger partial charge is 0.483 e. The van der Waals surface area contributed by atoms with Crippen molar-refractivity contribution in [2.45, 2.75) is 44.2 Å². The summed E-state index contributed by atoms with van der Waals surface area (Å²) in [4.78, 5) is 26.9. The number of esters is 1. The number of carbonyl (C=O) groups is 1. The number of hydrogen-bond donors (Lipinski definition) is 1. The van der Waals surface area contributed by atoms with Gasteiger partial charge < -0.3 is 33.4 Å². The average Bonchev–Trinajstić information content (AvgIpc) is 3.50. The molecule has 2 aromatic carbocycles. The number of para-hydroxylation sites is 1. The maximum Gasteiger partial charge on any atom is 0.347 e. The zero-order valence-corrected chi connectivity index (χ0v) is 21.0. The molecule has 0 aliphatic carbocycles. The van der Waals surface area contributed by atoms with E-state index in [1.54, 1.807) is 17.6 Å². The third kappa shape index (κ3) is 5.10. The first-order valence-corrected chi connectivity index (χ1v) is 12.7. The number of halogens is 1. The number of hydrogen-bond acceptors (Lipinski definition) is 8. The number of alkyl halides is 1. The third-order valence-corrected chi connectivity index (χ3v) is 6.75. The van der Waals surface area contributed by atoms with Crippen molar-refractivity contribution in [2.75, 3.05) is 25.7 Å². The highest BCUT2D eigenvalue weighted by Gasteiger charge is 2.50. The van der Waals surface area contributed by atoms with E-state index in [0.717, 1.165) is 5.56 Å². The molecule has 5 rings (SSSR count). The lowest BCUT2D eigenvalue weighted by Gasteiger charge is -2.22. The van der Waals surface area contributed by atoms with Gasteiger partial charge in [-0.25, -0.2) is 4.79 Å². The Bertz CT molecular complexity index is 1310. The fourth-order valence-corrected chi connectivity index (χ4v) is 4.91. The molecule has 2 aliphatic heterocycles. The van der Waals surface area contributed by atoms with E-state index >= 15 is 0 Å². The van der Waals surface area contributed by atoms with E-state index in [2.05, 4.69) is 0 Å². The van der Waals surface area contributed by atoms with Gasteiger partial charge in [0.1, 0.15) is 24.1 Å². The molecule has 0 amide bonds. The highest BCUT2D eigenvalue weighted by molar-refractivity contribution is 6.18. The van der Waals surface area contributed by atoms with Gasteiger partial charge in [0.05, 0.1) is 37.8 Å².